The Morgan fingerprint density at radius 2 is 2.05 bits per heavy atom. The van der Waals surface area contributed by atoms with Crippen molar-refractivity contribution in [2.75, 3.05) is 20.1 Å². The third-order valence-electron chi connectivity index (χ3n) is 4.05. The smallest absolute Gasteiger partial charge is 0.283 e. The van der Waals surface area contributed by atoms with Crippen LogP contribution in [-0.4, -0.2) is 44.3 Å². The summed E-state index contributed by atoms with van der Waals surface area (Å²) in [4.78, 5) is 18.0. The van der Waals surface area contributed by atoms with E-state index in [2.05, 4.69) is 14.6 Å². The van der Waals surface area contributed by atoms with E-state index < -0.39 is 20.7 Å². The molecule has 0 aliphatic carbocycles. The number of amides is 1. The highest BCUT2D eigenvalue weighted by Gasteiger charge is 2.53. The van der Waals surface area contributed by atoms with E-state index in [-0.39, 0.29) is 5.69 Å². The van der Waals surface area contributed by atoms with Crippen molar-refractivity contribution in [1.82, 2.24) is 14.6 Å². The van der Waals surface area contributed by atoms with Gasteiger partial charge in [-0.3, -0.25) is 9.78 Å². The summed E-state index contributed by atoms with van der Waals surface area (Å²) in [6.45, 7) is 1.37. The highest BCUT2D eigenvalue weighted by atomic mass is 32.2. The quantitative estimate of drug-likeness (QED) is 0.728. The predicted molar refractivity (Wildman–Crippen MR) is 69.0 cm³/mol. The van der Waals surface area contributed by atoms with Crippen LogP contribution in [0.1, 0.15) is 28.9 Å². The monoisotopic (exact) mass is 281 g/mol. The Bertz CT molecular complexity index is 633. The van der Waals surface area contributed by atoms with Crippen LogP contribution < -0.4 is 4.72 Å². The van der Waals surface area contributed by atoms with E-state index in [9.17, 15) is 13.2 Å². The summed E-state index contributed by atoms with van der Waals surface area (Å²) in [6.07, 6.45) is 2.47. The van der Waals surface area contributed by atoms with Gasteiger partial charge in [0.25, 0.3) is 5.91 Å². The van der Waals surface area contributed by atoms with Crippen molar-refractivity contribution in [2.24, 2.45) is 0 Å². The summed E-state index contributed by atoms with van der Waals surface area (Å²) < 4.78 is 26.0. The van der Waals surface area contributed by atoms with E-state index in [1.807, 2.05) is 7.05 Å². The number of carbonyl (C=O) groups excluding carboxylic acids is 1. The van der Waals surface area contributed by atoms with Crippen molar-refractivity contribution in [3.63, 3.8) is 0 Å². The molecule has 19 heavy (non-hydrogen) atoms. The number of piperidine rings is 1. The molecule has 3 rings (SSSR count). The molecule has 3 heterocycles. The minimum Gasteiger partial charge on any atom is -0.306 e. The van der Waals surface area contributed by atoms with Crippen molar-refractivity contribution >= 4 is 15.9 Å². The zero-order valence-electron chi connectivity index (χ0n) is 10.6. The maximum atomic E-state index is 12.5. The first-order valence-corrected chi connectivity index (χ1v) is 7.65. The first kappa shape index (κ1) is 12.6. The number of nitrogens with zero attached hydrogens (tertiary/aromatic N) is 2. The van der Waals surface area contributed by atoms with Crippen LogP contribution in [0.25, 0.3) is 0 Å². The fourth-order valence-electron chi connectivity index (χ4n) is 2.88. The van der Waals surface area contributed by atoms with E-state index in [0.717, 1.165) is 0 Å². The second-order valence-electron chi connectivity index (χ2n) is 5.13. The highest BCUT2D eigenvalue weighted by molar-refractivity contribution is 7.91. The minimum absolute atomic E-state index is 0.238. The minimum atomic E-state index is -3.70. The molecule has 1 amide bonds. The van der Waals surface area contributed by atoms with Gasteiger partial charge in [-0.2, -0.15) is 0 Å². The molecule has 1 spiro atoms. The Labute approximate surface area is 111 Å². The lowest BCUT2D eigenvalue weighted by atomic mass is 9.87. The number of rotatable bonds is 0. The molecule has 1 aromatic rings. The van der Waals surface area contributed by atoms with Crippen molar-refractivity contribution in [3.05, 3.63) is 29.6 Å². The summed E-state index contributed by atoms with van der Waals surface area (Å²) >= 11 is 0. The van der Waals surface area contributed by atoms with E-state index >= 15 is 0 Å². The molecular formula is C12H15N3O3S. The lowest BCUT2D eigenvalue weighted by Crippen LogP contribution is -2.56. The van der Waals surface area contributed by atoms with Crippen LogP contribution in [0.15, 0.2) is 18.3 Å². The van der Waals surface area contributed by atoms with Gasteiger partial charge in [0.1, 0.15) is 10.4 Å². The average molecular weight is 281 g/mol. The van der Waals surface area contributed by atoms with Gasteiger partial charge in [-0.25, -0.2) is 13.1 Å². The van der Waals surface area contributed by atoms with E-state index in [1.165, 1.54) is 6.20 Å². The lowest BCUT2D eigenvalue weighted by Gasteiger charge is -2.42. The van der Waals surface area contributed by atoms with Crippen molar-refractivity contribution in [3.8, 4) is 0 Å². The van der Waals surface area contributed by atoms with Gasteiger partial charge in [0.2, 0.25) is 10.0 Å². The van der Waals surface area contributed by atoms with Crippen LogP contribution in [0.3, 0.4) is 0 Å². The molecule has 102 valence electrons. The summed E-state index contributed by atoms with van der Waals surface area (Å²) in [6, 6.07) is 3.40. The topological polar surface area (TPSA) is 79.4 Å². The Morgan fingerprint density at radius 3 is 2.74 bits per heavy atom. The third-order valence-corrected chi connectivity index (χ3v) is 6.16. The maximum Gasteiger partial charge on any atom is 0.283 e. The van der Waals surface area contributed by atoms with Gasteiger partial charge >= 0.3 is 0 Å². The van der Waals surface area contributed by atoms with Gasteiger partial charge in [-0.15, -0.1) is 0 Å². The van der Waals surface area contributed by atoms with Crippen LogP contribution >= 0.6 is 0 Å². The number of nitrogens with one attached hydrogen (secondary N) is 1. The van der Waals surface area contributed by atoms with Gasteiger partial charge in [0, 0.05) is 11.8 Å². The van der Waals surface area contributed by atoms with E-state index in [0.29, 0.717) is 31.5 Å². The van der Waals surface area contributed by atoms with Crippen molar-refractivity contribution < 1.29 is 13.2 Å². The first-order valence-electron chi connectivity index (χ1n) is 6.17. The summed E-state index contributed by atoms with van der Waals surface area (Å²) in [5.41, 5.74) is 0.786. The second kappa shape index (κ2) is 4.01. The number of fused-ring (bicyclic) bond motifs is 2. The largest absolute Gasteiger partial charge is 0.306 e. The maximum absolute atomic E-state index is 12.5. The molecule has 6 nitrogen and oxygen atoms in total. The summed E-state index contributed by atoms with van der Waals surface area (Å²) in [5, 5.41) is 0. The van der Waals surface area contributed by atoms with Crippen LogP contribution in [0.2, 0.25) is 0 Å². The number of pyridine rings is 1. The third kappa shape index (κ3) is 1.68. The highest BCUT2D eigenvalue weighted by Crippen LogP contribution is 2.43. The van der Waals surface area contributed by atoms with Crippen LogP contribution in [0.5, 0.6) is 0 Å². The molecule has 0 radical (unpaired) electrons. The number of likely N-dealkylation sites (tertiary alicyclic amines) is 1. The molecule has 1 fully saturated rings. The molecule has 0 saturated carbocycles. The number of aromatic nitrogens is 1. The molecule has 1 N–H and O–H groups in total. The molecule has 0 unspecified atom stereocenters. The Kier molecular flexibility index (Phi) is 2.65. The normalized spacial score (nSPS) is 24.8. The van der Waals surface area contributed by atoms with Gasteiger partial charge in [0.15, 0.2) is 0 Å². The van der Waals surface area contributed by atoms with Crippen molar-refractivity contribution in [2.45, 2.75) is 17.6 Å². The number of hydrogen-bond donors (Lipinski definition) is 1. The Morgan fingerprint density at radius 1 is 1.37 bits per heavy atom. The van der Waals surface area contributed by atoms with Gasteiger partial charge in [-0.1, -0.05) is 6.07 Å². The predicted octanol–water partition coefficient (Wildman–Crippen LogP) is 0.0757. The Hall–Kier alpha value is -1.47. The summed E-state index contributed by atoms with van der Waals surface area (Å²) in [5.74, 6) is -0.625. The SMILES string of the molecule is CN1CCC2(CC1)c1cccnc1C(=O)NS2(=O)=O. The molecule has 0 atom stereocenters. The van der Waals surface area contributed by atoms with Crippen LogP contribution in [0, 0.1) is 0 Å². The van der Waals surface area contributed by atoms with Gasteiger partial charge < -0.3 is 4.90 Å². The fourth-order valence-corrected chi connectivity index (χ4v) is 4.59. The molecule has 0 bridgehead atoms. The van der Waals surface area contributed by atoms with Gasteiger partial charge in [0.05, 0.1) is 0 Å². The molecular weight excluding hydrogens is 266 g/mol. The van der Waals surface area contributed by atoms with Crippen LogP contribution in [-0.2, 0) is 14.8 Å². The molecule has 2 aliphatic heterocycles. The van der Waals surface area contributed by atoms with E-state index in [1.54, 1.807) is 12.1 Å². The average Bonchev–Trinajstić information content (AvgIpc) is 2.38. The van der Waals surface area contributed by atoms with Crippen LogP contribution in [0.4, 0.5) is 0 Å². The number of sulfonamides is 1. The first-order chi connectivity index (χ1) is 8.96. The number of carbonyl (C=O) groups is 1. The second-order valence-corrected chi connectivity index (χ2v) is 7.12. The molecule has 1 aromatic heterocycles. The summed E-state index contributed by atoms with van der Waals surface area (Å²) in [7, 11) is -1.74. The molecule has 0 aromatic carbocycles. The lowest BCUT2D eigenvalue weighted by molar-refractivity contribution is 0.0964. The van der Waals surface area contributed by atoms with Gasteiger partial charge in [-0.05, 0) is 39.0 Å². The van der Waals surface area contributed by atoms with E-state index in [4.69, 9.17) is 0 Å². The standard InChI is InChI=1S/C12H15N3O3S/c1-15-7-4-12(5-8-15)9-3-2-6-13-10(9)11(16)14-19(12,17)18/h2-3,6H,4-5,7-8H2,1H3,(H,14,16). The van der Waals surface area contributed by atoms with Crippen molar-refractivity contribution in [1.29, 1.82) is 0 Å². The fraction of sp³-hybridized carbons (Fsp3) is 0.500. The molecule has 7 heteroatoms. The molecule has 1 saturated heterocycles. The molecule has 2 aliphatic rings. The zero-order valence-corrected chi connectivity index (χ0v) is 11.4. The zero-order chi connectivity index (χ0) is 13.7. The number of hydrogen-bond acceptors (Lipinski definition) is 5. The Balaban J connectivity index is 2.21.